The van der Waals surface area contributed by atoms with Crippen LogP contribution in [0.5, 0.6) is 0 Å². The number of hydrogen-bond donors (Lipinski definition) is 1. The van der Waals surface area contributed by atoms with Gasteiger partial charge in [-0.2, -0.15) is 0 Å². The maximum atomic E-state index is 11.7. The summed E-state index contributed by atoms with van der Waals surface area (Å²) in [6, 6.07) is 0.254. The van der Waals surface area contributed by atoms with Crippen LogP contribution in [0.25, 0.3) is 0 Å². The predicted molar refractivity (Wildman–Crippen MR) is 60.9 cm³/mol. The van der Waals surface area contributed by atoms with E-state index in [2.05, 4.69) is 10.2 Å². The van der Waals surface area contributed by atoms with E-state index >= 15 is 0 Å². The van der Waals surface area contributed by atoms with Gasteiger partial charge in [0.05, 0.1) is 12.5 Å². The van der Waals surface area contributed by atoms with E-state index in [1.54, 1.807) is 0 Å². The number of amides is 1. The molecule has 2 unspecified atom stereocenters. The summed E-state index contributed by atoms with van der Waals surface area (Å²) in [7, 11) is 0. The summed E-state index contributed by atoms with van der Waals surface area (Å²) in [5, 5.41) is 2.90. The van der Waals surface area contributed by atoms with Gasteiger partial charge in [-0.3, -0.25) is 14.5 Å². The Morgan fingerprint density at radius 3 is 3.00 bits per heavy atom. The Balaban J connectivity index is 1.99. The Morgan fingerprint density at radius 2 is 2.31 bits per heavy atom. The number of hydrogen-bond acceptors (Lipinski definition) is 3. The van der Waals surface area contributed by atoms with Crippen LogP contribution < -0.4 is 5.32 Å². The van der Waals surface area contributed by atoms with Crippen molar-refractivity contribution < 1.29 is 9.59 Å². The Morgan fingerprint density at radius 1 is 1.56 bits per heavy atom. The lowest BCUT2D eigenvalue weighted by Crippen LogP contribution is -2.48. The molecule has 0 spiro atoms. The summed E-state index contributed by atoms with van der Waals surface area (Å²) in [6.07, 6.45) is 2.00. The predicted octanol–water partition coefficient (Wildman–Crippen LogP) is 0.422. The zero-order chi connectivity index (χ0) is 11.7. The Labute approximate surface area is 96.4 Å². The number of rotatable bonds is 3. The fourth-order valence-corrected chi connectivity index (χ4v) is 2.62. The highest BCUT2D eigenvalue weighted by atomic mass is 16.2. The van der Waals surface area contributed by atoms with Gasteiger partial charge in [0.1, 0.15) is 5.78 Å². The SMILES string of the molecule is CC(C)C(=O)CN1CCCC2C(=O)NCC21. The average Bonchev–Trinajstić information content (AvgIpc) is 2.62. The maximum Gasteiger partial charge on any atom is 0.224 e. The molecule has 2 rings (SSSR count). The van der Waals surface area contributed by atoms with Gasteiger partial charge in [0.25, 0.3) is 0 Å². The molecule has 2 saturated heterocycles. The number of piperidine rings is 1. The van der Waals surface area contributed by atoms with E-state index in [1.165, 1.54) is 0 Å². The van der Waals surface area contributed by atoms with E-state index < -0.39 is 0 Å². The zero-order valence-corrected chi connectivity index (χ0v) is 10.0. The van der Waals surface area contributed by atoms with Gasteiger partial charge in [0, 0.05) is 18.5 Å². The topological polar surface area (TPSA) is 49.4 Å². The van der Waals surface area contributed by atoms with Crippen LogP contribution in [0.4, 0.5) is 0 Å². The lowest BCUT2D eigenvalue weighted by Gasteiger charge is -2.35. The molecule has 4 heteroatoms. The molecule has 0 aromatic rings. The van der Waals surface area contributed by atoms with Crippen molar-refractivity contribution in [1.82, 2.24) is 10.2 Å². The number of fused-ring (bicyclic) bond motifs is 1. The van der Waals surface area contributed by atoms with E-state index in [0.717, 1.165) is 25.9 Å². The average molecular weight is 224 g/mol. The second-order valence-electron chi connectivity index (χ2n) is 5.15. The number of nitrogens with zero attached hydrogens (tertiary/aromatic N) is 1. The molecular weight excluding hydrogens is 204 g/mol. The molecule has 2 heterocycles. The molecule has 0 aliphatic carbocycles. The smallest absolute Gasteiger partial charge is 0.224 e. The van der Waals surface area contributed by atoms with Crippen LogP contribution >= 0.6 is 0 Å². The van der Waals surface area contributed by atoms with Gasteiger partial charge in [-0.1, -0.05) is 13.8 Å². The van der Waals surface area contributed by atoms with Crippen molar-refractivity contribution in [3.8, 4) is 0 Å². The second kappa shape index (κ2) is 4.53. The van der Waals surface area contributed by atoms with Crippen LogP contribution in [0.15, 0.2) is 0 Å². The number of nitrogens with one attached hydrogen (secondary N) is 1. The van der Waals surface area contributed by atoms with Crippen LogP contribution in [0, 0.1) is 11.8 Å². The minimum absolute atomic E-state index is 0.0884. The molecule has 1 N–H and O–H groups in total. The van der Waals surface area contributed by atoms with Crippen molar-refractivity contribution in [2.24, 2.45) is 11.8 Å². The van der Waals surface area contributed by atoms with E-state index in [4.69, 9.17) is 0 Å². The van der Waals surface area contributed by atoms with Gasteiger partial charge < -0.3 is 5.32 Å². The summed E-state index contributed by atoms with van der Waals surface area (Å²) >= 11 is 0. The number of carbonyl (C=O) groups excluding carboxylic acids is 2. The van der Waals surface area contributed by atoms with Crippen molar-refractivity contribution in [1.29, 1.82) is 0 Å². The van der Waals surface area contributed by atoms with E-state index in [-0.39, 0.29) is 29.6 Å². The molecule has 1 amide bonds. The molecule has 0 radical (unpaired) electrons. The maximum absolute atomic E-state index is 11.7. The van der Waals surface area contributed by atoms with Gasteiger partial charge in [0.15, 0.2) is 0 Å². The third kappa shape index (κ3) is 2.12. The molecular formula is C12H20N2O2. The molecule has 90 valence electrons. The van der Waals surface area contributed by atoms with Gasteiger partial charge >= 0.3 is 0 Å². The van der Waals surface area contributed by atoms with E-state index in [0.29, 0.717) is 6.54 Å². The van der Waals surface area contributed by atoms with Gasteiger partial charge in [-0.25, -0.2) is 0 Å². The van der Waals surface area contributed by atoms with Crippen molar-refractivity contribution in [2.45, 2.75) is 32.7 Å². The highest BCUT2D eigenvalue weighted by Crippen LogP contribution is 2.27. The first-order valence-electron chi connectivity index (χ1n) is 6.14. The fourth-order valence-electron chi connectivity index (χ4n) is 2.62. The molecule has 0 aromatic heterocycles. The van der Waals surface area contributed by atoms with Crippen molar-refractivity contribution in [3.63, 3.8) is 0 Å². The summed E-state index contributed by atoms with van der Waals surface area (Å²) in [5.41, 5.74) is 0. The number of Topliss-reactive ketones (excluding diaryl/α,β-unsaturated/α-hetero) is 1. The largest absolute Gasteiger partial charge is 0.354 e. The second-order valence-corrected chi connectivity index (χ2v) is 5.15. The van der Waals surface area contributed by atoms with Gasteiger partial charge in [0.2, 0.25) is 5.91 Å². The first-order valence-corrected chi connectivity index (χ1v) is 6.14. The summed E-state index contributed by atoms with van der Waals surface area (Å²) in [5.74, 6) is 0.658. The minimum Gasteiger partial charge on any atom is -0.354 e. The molecule has 0 bridgehead atoms. The molecule has 2 aliphatic heterocycles. The van der Waals surface area contributed by atoms with Crippen LogP contribution in [0.3, 0.4) is 0 Å². The summed E-state index contributed by atoms with van der Waals surface area (Å²) < 4.78 is 0. The summed E-state index contributed by atoms with van der Waals surface area (Å²) in [4.78, 5) is 25.5. The third-order valence-electron chi connectivity index (χ3n) is 3.72. The molecule has 2 atom stereocenters. The molecule has 0 aromatic carbocycles. The van der Waals surface area contributed by atoms with E-state index in [1.807, 2.05) is 13.8 Å². The monoisotopic (exact) mass is 224 g/mol. The molecule has 2 aliphatic rings. The van der Waals surface area contributed by atoms with Crippen LogP contribution in [0.2, 0.25) is 0 Å². The first kappa shape index (κ1) is 11.6. The number of carbonyl (C=O) groups is 2. The fraction of sp³-hybridized carbons (Fsp3) is 0.833. The van der Waals surface area contributed by atoms with E-state index in [9.17, 15) is 9.59 Å². The highest BCUT2D eigenvalue weighted by Gasteiger charge is 2.41. The molecule has 4 nitrogen and oxygen atoms in total. The standard InChI is InChI=1S/C12H20N2O2/c1-8(2)11(15)7-14-5-3-4-9-10(14)6-13-12(9)16/h8-10H,3-7H2,1-2H3,(H,13,16). The molecule has 0 saturated carbocycles. The van der Waals surface area contributed by atoms with Gasteiger partial charge in [-0.05, 0) is 19.4 Å². The number of likely N-dealkylation sites (tertiary alicyclic amines) is 1. The molecule has 2 fully saturated rings. The molecule has 16 heavy (non-hydrogen) atoms. The Kier molecular flexibility index (Phi) is 3.28. The van der Waals surface area contributed by atoms with Crippen LogP contribution in [-0.2, 0) is 9.59 Å². The van der Waals surface area contributed by atoms with Crippen molar-refractivity contribution in [2.75, 3.05) is 19.6 Å². The highest BCUT2D eigenvalue weighted by molar-refractivity contribution is 5.84. The quantitative estimate of drug-likeness (QED) is 0.756. The lowest BCUT2D eigenvalue weighted by atomic mass is 9.91. The number of ketones is 1. The van der Waals surface area contributed by atoms with Crippen molar-refractivity contribution in [3.05, 3.63) is 0 Å². The van der Waals surface area contributed by atoms with Crippen molar-refractivity contribution >= 4 is 11.7 Å². The minimum atomic E-state index is 0.0884. The summed E-state index contributed by atoms with van der Waals surface area (Å²) in [6.45, 7) is 6.04. The first-order chi connectivity index (χ1) is 7.59. The van der Waals surface area contributed by atoms with Crippen LogP contribution in [0.1, 0.15) is 26.7 Å². The Bertz CT molecular complexity index is 301. The normalized spacial score (nSPS) is 30.3. The Hall–Kier alpha value is -0.900. The van der Waals surface area contributed by atoms with Crippen LogP contribution in [-0.4, -0.2) is 42.3 Å². The zero-order valence-electron chi connectivity index (χ0n) is 10.0. The van der Waals surface area contributed by atoms with Gasteiger partial charge in [-0.15, -0.1) is 0 Å². The third-order valence-corrected chi connectivity index (χ3v) is 3.72. The lowest BCUT2D eigenvalue weighted by molar-refractivity contribution is -0.127.